The number of nitrogens with zero attached hydrogens (tertiary/aromatic N) is 1. The maximum atomic E-state index is 13.6. The van der Waals surface area contributed by atoms with Crippen LogP contribution in [0.5, 0.6) is 0 Å². The van der Waals surface area contributed by atoms with Crippen molar-refractivity contribution >= 4 is 27.5 Å². The standard InChI is InChI=1S/C24H30FN3O4S/c1-16-7-6-9-22(18(16)3)27-24(30)23(29)26-13-12-19-8-4-5-14-28(19)33(31,32)20-10-11-21(25)17(2)15-20/h6-7,9-11,15,19H,4-5,8,12-14H2,1-3H3,(H,26,29)(H,27,30)/t19-/m1/s1. The van der Waals surface area contributed by atoms with Crippen LogP contribution in [0.2, 0.25) is 0 Å². The number of rotatable bonds is 6. The lowest BCUT2D eigenvalue weighted by Crippen LogP contribution is -2.45. The van der Waals surface area contributed by atoms with Gasteiger partial charge in [-0.15, -0.1) is 0 Å². The summed E-state index contributed by atoms with van der Waals surface area (Å²) in [7, 11) is -3.79. The molecule has 1 fully saturated rings. The van der Waals surface area contributed by atoms with Crippen molar-refractivity contribution in [3.8, 4) is 0 Å². The van der Waals surface area contributed by atoms with Crippen LogP contribution in [-0.2, 0) is 19.6 Å². The van der Waals surface area contributed by atoms with Crippen molar-refractivity contribution < 1.29 is 22.4 Å². The predicted molar refractivity (Wildman–Crippen MR) is 125 cm³/mol. The Hall–Kier alpha value is -2.78. The SMILES string of the molecule is Cc1cc(S(=O)(=O)N2CCCC[C@@H]2CCNC(=O)C(=O)Nc2cccc(C)c2C)ccc1F. The molecule has 0 bridgehead atoms. The van der Waals surface area contributed by atoms with Crippen LogP contribution in [0.4, 0.5) is 10.1 Å². The summed E-state index contributed by atoms with van der Waals surface area (Å²) in [5.41, 5.74) is 2.74. The first-order valence-corrected chi connectivity index (χ1v) is 12.5. The zero-order valence-electron chi connectivity index (χ0n) is 19.2. The van der Waals surface area contributed by atoms with E-state index in [4.69, 9.17) is 0 Å². The highest BCUT2D eigenvalue weighted by molar-refractivity contribution is 7.89. The van der Waals surface area contributed by atoms with E-state index >= 15 is 0 Å². The Balaban J connectivity index is 1.61. The highest BCUT2D eigenvalue weighted by atomic mass is 32.2. The summed E-state index contributed by atoms with van der Waals surface area (Å²) in [6.07, 6.45) is 2.65. The van der Waals surface area contributed by atoms with E-state index in [9.17, 15) is 22.4 Å². The first-order chi connectivity index (χ1) is 15.6. The molecule has 9 heteroatoms. The molecule has 1 aliphatic heterocycles. The molecule has 0 aliphatic carbocycles. The first-order valence-electron chi connectivity index (χ1n) is 11.0. The van der Waals surface area contributed by atoms with Gasteiger partial charge in [-0.1, -0.05) is 18.6 Å². The Bertz CT molecular complexity index is 1150. The smallest absolute Gasteiger partial charge is 0.313 e. The highest BCUT2D eigenvalue weighted by Crippen LogP contribution is 2.28. The first kappa shape index (κ1) is 24.9. The number of amides is 2. The van der Waals surface area contributed by atoms with Crippen molar-refractivity contribution in [2.24, 2.45) is 0 Å². The molecule has 0 spiro atoms. The van der Waals surface area contributed by atoms with Crippen LogP contribution < -0.4 is 10.6 Å². The van der Waals surface area contributed by atoms with Crippen molar-refractivity contribution in [1.82, 2.24) is 9.62 Å². The molecule has 0 radical (unpaired) electrons. The van der Waals surface area contributed by atoms with Gasteiger partial charge in [0.05, 0.1) is 4.90 Å². The summed E-state index contributed by atoms with van der Waals surface area (Å²) in [4.78, 5) is 24.6. The largest absolute Gasteiger partial charge is 0.348 e. The average Bonchev–Trinajstić information content (AvgIpc) is 2.78. The molecular weight excluding hydrogens is 445 g/mol. The Morgan fingerprint density at radius 3 is 2.55 bits per heavy atom. The number of sulfonamides is 1. The maximum absolute atomic E-state index is 13.6. The number of hydrogen-bond acceptors (Lipinski definition) is 4. The van der Waals surface area contributed by atoms with Gasteiger partial charge in [0.15, 0.2) is 0 Å². The number of aryl methyl sites for hydroxylation is 2. The summed E-state index contributed by atoms with van der Waals surface area (Å²) >= 11 is 0. The minimum absolute atomic E-state index is 0.0604. The Labute approximate surface area is 194 Å². The minimum atomic E-state index is -3.79. The van der Waals surface area contributed by atoms with Crippen LogP contribution in [0.15, 0.2) is 41.3 Å². The fourth-order valence-corrected chi connectivity index (χ4v) is 5.80. The van der Waals surface area contributed by atoms with E-state index in [0.717, 1.165) is 30.0 Å². The number of hydrogen-bond donors (Lipinski definition) is 2. The molecule has 0 aromatic heterocycles. The van der Waals surface area contributed by atoms with Crippen molar-refractivity contribution in [3.05, 3.63) is 58.9 Å². The summed E-state index contributed by atoms with van der Waals surface area (Å²) < 4.78 is 41.4. The number of halogens is 1. The zero-order chi connectivity index (χ0) is 24.2. The lowest BCUT2D eigenvalue weighted by Gasteiger charge is -2.34. The molecule has 0 unspecified atom stereocenters. The fraction of sp³-hybridized carbons (Fsp3) is 0.417. The number of carbonyl (C=O) groups excluding carboxylic acids is 2. The second-order valence-electron chi connectivity index (χ2n) is 8.42. The summed E-state index contributed by atoms with van der Waals surface area (Å²) in [6, 6.07) is 8.93. The van der Waals surface area contributed by atoms with Gasteiger partial charge in [-0.2, -0.15) is 4.31 Å². The number of nitrogens with one attached hydrogen (secondary N) is 2. The van der Waals surface area contributed by atoms with Gasteiger partial charge in [-0.3, -0.25) is 9.59 Å². The van der Waals surface area contributed by atoms with E-state index in [1.54, 1.807) is 12.1 Å². The van der Waals surface area contributed by atoms with E-state index in [0.29, 0.717) is 25.1 Å². The van der Waals surface area contributed by atoms with Crippen molar-refractivity contribution in [2.75, 3.05) is 18.4 Å². The molecule has 1 aliphatic rings. The normalized spacial score (nSPS) is 16.9. The van der Waals surface area contributed by atoms with Crippen LogP contribution in [0.3, 0.4) is 0 Å². The van der Waals surface area contributed by atoms with E-state index < -0.39 is 27.7 Å². The van der Waals surface area contributed by atoms with E-state index in [1.165, 1.54) is 23.4 Å². The molecule has 2 aromatic carbocycles. The molecule has 2 aromatic rings. The minimum Gasteiger partial charge on any atom is -0.348 e. The van der Waals surface area contributed by atoms with Gasteiger partial charge in [0.25, 0.3) is 0 Å². The Morgan fingerprint density at radius 1 is 1.06 bits per heavy atom. The van der Waals surface area contributed by atoms with E-state index in [1.807, 2.05) is 19.9 Å². The van der Waals surface area contributed by atoms with Crippen molar-refractivity contribution in [2.45, 2.75) is 57.4 Å². The number of carbonyl (C=O) groups is 2. The molecule has 3 rings (SSSR count). The molecular formula is C24H30FN3O4S. The van der Waals surface area contributed by atoms with Gasteiger partial charge < -0.3 is 10.6 Å². The molecule has 178 valence electrons. The Kier molecular flexibility index (Phi) is 7.86. The van der Waals surface area contributed by atoms with E-state index in [-0.39, 0.29) is 23.0 Å². The summed E-state index contributed by atoms with van der Waals surface area (Å²) in [5.74, 6) is -1.99. The molecule has 2 N–H and O–H groups in total. The van der Waals surface area contributed by atoms with Crippen LogP contribution in [0.1, 0.15) is 42.4 Å². The van der Waals surface area contributed by atoms with Crippen molar-refractivity contribution in [1.29, 1.82) is 0 Å². The van der Waals surface area contributed by atoms with Crippen LogP contribution in [0, 0.1) is 26.6 Å². The number of benzene rings is 2. The topological polar surface area (TPSA) is 95.6 Å². The van der Waals surface area contributed by atoms with Crippen molar-refractivity contribution in [3.63, 3.8) is 0 Å². The van der Waals surface area contributed by atoms with Gasteiger partial charge in [0, 0.05) is 24.8 Å². The molecule has 1 atom stereocenters. The zero-order valence-corrected chi connectivity index (χ0v) is 20.0. The second kappa shape index (κ2) is 10.4. The highest BCUT2D eigenvalue weighted by Gasteiger charge is 2.33. The molecule has 1 heterocycles. The lowest BCUT2D eigenvalue weighted by molar-refractivity contribution is -0.136. The molecule has 0 saturated carbocycles. The maximum Gasteiger partial charge on any atom is 0.313 e. The summed E-state index contributed by atoms with van der Waals surface area (Å²) in [6.45, 7) is 5.84. The average molecular weight is 476 g/mol. The monoisotopic (exact) mass is 475 g/mol. The third-order valence-electron chi connectivity index (χ3n) is 6.13. The second-order valence-corrected chi connectivity index (χ2v) is 10.3. The number of anilines is 1. The lowest BCUT2D eigenvalue weighted by atomic mass is 10.0. The van der Waals surface area contributed by atoms with Crippen LogP contribution in [0.25, 0.3) is 0 Å². The molecule has 2 amide bonds. The van der Waals surface area contributed by atoms with Gasteiger partial charge in [0.2, 0.25) is 10.0 Å². The van der Waals surface area contributed by atoms with E-state index in [2.05, 4.69) is 10.6 Å². The number of piperidine rings is 1. The van der Waals surface area contributed by atoms with Gasteiger partial charge >= 0.3 is 11.8 Å². The van der Waals surface area contributed by atoms with Gasteiger partial charge in [-0.05, 0) is 81.0 Å². The molecule has 1 saturated heterocycles. The third-order valence-corrected chi connectivity index (χ3v) is 8.08. The fourth-order valence-electron chi connectivity index (χ4n) is 3.99. The molecule has 7 nitrogen and oxygen atoms in total. The van der Waals surface area contributed by atoms with Gasteiger partial charge in [0.1, 0.15) is 5.82 Å². The quantitative estimate of drug-likeness (QED) is 0.626. The van der Waals surface area contributed by atoms with Crippen LogP contribution >= 0.6 is 0 Å². The predicted octanol–water partition coefficient (Wildman–Crippen LogP) is 3.44. The summed E-state index contributed by atoms with van der Waals surface area (Å²) in [5, 5.41) is 5.21. The van der Waals surface area contributed by atoms with Crippen LogP contribution in [-0.4, -0.2) is 43.7 Å². The van der Waals surface area contributed by atoms with Gasteiger partial charge in [-0.25, -0.2) is 12.8 Å². The third kappa shape index (κ3) is 5.78. The Morgan fingerprint density at radius 2 is 1.82 bits per heavy atom. The molecule has 33 heavy (non-hydrogen) atoms.